The lowest BCUT2D eigenvalue weighted by Gasteiger charge is -2.19. The monoisotopic (exact) mass is 275 g/mol. The van der Waals surface area contributed by atoms with Crippen molar-refractivity contribution in [2.24, 2.45) is 5.73 Å². The lowest BCUT2D eigenvalue weighted by Crippen LogP contribution is -2.31. The third-order valence-electron chi connectivity index (χ3n) is 3.00. The maximum Gasteiger partial charge on any atom is 0.137 e. The van der Waals surface area contributed by atoms with Crippen molar-refractivity contribution in [1.82, 2.24) is 9.97 Å². The van der Waals surface area contributed by atoms with Gasteiger partial charge in [-0.3, -0.25) is 0 Å². The molecule has 0 radical (unpaired) electrons. The largest absolute Gasteiger partial charge is 0.321 e. The Labute approximate surface area is 116 Å². The van der Waals surface area contributed by atoms with Gasteiger partial charge < -0.3 is 10.5 Å². The van der Waals surface area contributed by atoms with Gasteiger partial charge in [-0.2, -0.15) is 0 Å². The molecule has 0 amide bonds. The number of hydrogen-bond acceptors (Lipinski definition) is 4. The van der Waals surface area contributed by atoms with Crippen molar-refractivity contribution in [3.8, 4) is 0 Å². The van der Waals surface area contributed by atoms with Crippen LogP contribution < -0.4 is 5.73 Å². The van der Waals surface area contributed by atoms with Gasteiger partial charge in [0.2, 0.25) is 0 Å². The Morgan fingerprint density at radius 2 is 1.84 bits per heavy atom. The molecule has 19 heavy (non-hydrogen) atoms. The molecule has 1 aromatic heterocycles. The van der Waals surface area contributed by atoms with Crippen LogP contribution in [0.5, 0.6) is 0 Å². The number of carbonyl (C=O) groups excluding carboxylic acids is 1. The Hall–Kier alpha value is -1.78. The number of aromatic nitrogens is 2. The Morgan fingerprint density at radius 3 is 2.42 bits per heavy atom. The molecule has 0 fully saturated rings. The molecule has 4 nitrogen and oxygen atoms in total. The quantitative estimate of drug-likeness (QED) is 0.847. The molecule has 1 aromatic carbocycles. The second kappa shape index (κ2) is 6.41. The number of benzene rings is 1. The van der Waals surface area contributed by atoms with E-state index in [0.29, 0.717) is 11.4 Å². The zero-order valence-corrected chi connectivity index (χ0v) is 11.0. The van der Waals surface area contributed by atoms with Gasteiger partial charge >= 0.3 is 0 Å². The molecule has 2 N–H and O–H groups in total. The number of halogens is 1. The van der Waals surface area contributed by atoms with Crippen molar-refractivity contribution in [3.63, 3.8) is 0 Å². The summed E-state index contributed by atoms with van der Waals surface area (Å²) < 4.78 is 0. The van der Waals surface area contributed by atoms with E-state index in [2.05, 4.69) is 9.97 Å². The van der Waals surface area contributed by atoms with E-state index in [1.165, 1.54) is 6.33 Å². The lowest BCUT2D eigenvalue weighted by molar-refractivity contribution is -0.109. The van der Waals surface area contributed by atoms with Crippen molar-refractivity contribution in [2.75, 3.05) is 0 Å². The average molecular weight is 276 g/mol. The molecule has 0 saturated heterocycles. The fourth-order valence-corrected chi connectivity index (χ4v) is 2.07. The second-order valence-corrected chi connectivity index (χ2v) is 4.76. The van der Waals surface area contributed by atoms with Crippen LogP contribution >= 0.6 is 11.6 Å². The van der Waals surface area contributed by atoms with E-state index in [4.69, 9.17) is 17.3 Å². The summed E-state index contributed by atoms with van der Waals surface area (Å²) in [7, 11) is 0. The molecule has 0 aliphatic carbocycles. The van der Waals surface area contributed by atoms with Crippen LogP contribution in [-0.2, 0) is 11.2 Å². The highest BCUT2D eigenvalue weighted by atomic mass is 35.5. The van der Waals surface area contributed by atoms with Crippen LogP contribution in [0.1, 0.15) is 17.0 Å². The van der Waals surface area contributed by atoms with Crippen LogP contribution in [0.25, 0.3) is 0 Å². The Bertz CT molecular complexity index is 530. The first-order valence-electron chi connectivity index (χ1n) is 5.91. The first-order valence-corrected chi connectivity index (χ1v) is 6.28. The maximum absolute atomic E-state index is 11.0. The van der Waals surface area contributed by atoms with Crippen LogP contribution in [-0.4, -0.2) is 22.3 Å². The molecule has 5 heteroatoms. The smallest absolute Gasteiger partial charge is 0.137 e. The minimum Gasteiger partial charge on any atom is -0.321 e. The Balaban J connectivity index is 2.24. The summed E-state index contributed by atoms with van der Waals surface area (Å²) in [5.41, 5.74) is 7.80. The van der Waals surface area contributed by atoms with Gasteiger partial charge in [-0.25, -0.2) is 9.97 Å². The van der Waals surface area contributed by atoms with Gasteiger partial charge in [0.15, 0.2) is 0 Å². The van der Waals surface area contributed by atoms with E-state index < -0.39 is 6.04 Å². The summed E-state index contributed by atoms with van der Waals surface area (Å²) in [6, 6.07) is 6.92. The van der Waals surface area contributed by atoms with Crippen molar-refractivity contribution in [1.29, 1.82) is 0 Å². The van der Waals surface area contributed by atoms with Gasteiger partial charge in [0.25, 0.3) is 0 Å². The topological polar surface area (TPSA) is 68.9 Å². The van der Waals surface area contributed by atoms with Crippen LogP contribution in [0.4, 0.5) is 0 Å². The van der Waals surface area contributed by atoms with Crippen molar-refractivity contribution >= 4 is 17.9 Å². The molecule has 0 spiro atoms. The number of carbonyl (C=O) groups is 1. The number of nitrogens with two attached hydrogens (primary N) is 1. The zero-order chi connectivity index (χ0) is 13.7. The molecular weight excluding hydrogens is 262 g/mol. The summed E-state index contributed by atoms with van der Waals surface area (Å²) in [6.07, 6.45) is 6.24. The third-order valence-corrected chi connectivity index (χ3v) is 3.25. The number of nitrogens with zero attached hydrogens (tertiary/aromatic N) is 2. The van der Waals surface area contributed by atoms with Crippen molar-refractivity contribution in [2.45, 2.75) is 18.4 Å². The molecule has 1 heterocycles. The SMILES string of the molecule is NC(C=O)C(Cc1ccc(Cl)cc1)c1cncnc1. The molecule has 0 saturated carbocycles. The zero-order valence-electron chi connectivity index (χ0n) is 10.2. The number of hydrogen-bond donors (Lipinski definition) is 1. The summed E-state index contributed by atoms with van der Waals surface area (Å²) in [4.78, 5) is 18.9. The summed E-state index contributed by atoms with van der Waals surface area (Å²) >= 11 is 5.85. The Morgan fingerprint density at radius 1 is 1.21 bits per heavy atom. The summed E-state index contributed by atoms with van der Waals surface area (Å²) in [6.45, 7) is 0. The standard InChI is InChI=1S/C14H14ClN3O/c15-12-3-1-10(2-4-12)5-13(14(16)8-19)11-6-17-9-18-7-11/h1-4,6-9,13-14H,5,16H2. The molecule has 98 valence electrons. The molecular formula is C14H14ClN3O. The average Bonchev–Trinajstić information content (AvgIpc) is 2.47. The predicted molar refractivity (Wildman–Crippen MR) is 74.0 cm³/mol. The first-order chi connectivity index (χ1) is 9.20. The normalized spacial score (nSPS) is 13.8. The van der Waals surface area contributed by atoms with E-state index >= 15 is 0 Å². The maximum atomic E-state index is 11.0. The molecule has 0 aliphatic heterocycles. The molecule has 0 bridgehead atoms. The highest BCUT2D eigenvalue weighted by Gasteiger charge is 2.20. The van der Waals surface area contributed by atoms with Gasteiger partial charge in [0.05, 0.1) is 6.04 Å². The summed E-state index contributed by atoms with van der Waals surface area (Å²) in [5, 5.41) is 0.683. The lowest BCUT2D eigenvalue weighted by atomic mass is 9.88. The summed E-state index contributed by atoms with van der Waals surface area (Å²) in [5.74, 6) is -0.139. The molecule has 2 rings (SSSR count). The van der Waals surface area contributed by atoms with Crippen LogP contribution in [0.3, 0.4) is 0 Å². The van der Waals surface area contributed by atoms with Crippen molar-refractivity contribution < 1.29 is 4.79 Å². The highest BCUT2D eigenvalue weighted by molar-refractivity contribution is 6.30. The van der Waals surface area contributed by atoms with E-state index in [1.807, 2.05) is 24.3 Å². The van der Waals surface area contributed by atoms with E-state index in [1.54, 1.807) is 12.4 Å². The van der Waals surface area contributed by atoms with Crippen LogP contribution in [0, 0.1) is 0 Å². The van der Waals surface area contributed by atoms with E-state index in [0.717, 1.165) is 17.4 Å². The molecule has 2 atom stereocenters. The first kappa shape index (κ1) is 13.6. The molecule has 2 unspecified atom stereocenters. The second-order valence-electron chi connectivity index (χ2n) is 4.32. The van der Waals surface area contributed by atoms with E-state index in [-0.39, 0.29) is 5.92 Å². The third kappa shape index (κ3) is 3.59. The van der Waals surface area contributed by atoms with Crippen molar-refractivity contribution in [3.05, 3.63) is 59.1 Å². The minimum absolute atomic E-state index is 0.139. The van der Waals surface area contributed by atoms with E-state index in [9.17, 15) is 4.79 Å². The number of aldehydes is 1. The van der Waals surface area contributed by atoms with Crippen LogP contribution in [0.2, 0.25) is 5.02 Å². The Kier molecular flexibility index (Phi) is 4.60. The number of rotatable bonds is 5. The predicted octanol–water partition coefficient (Wildman–Crippen LogP) is 1.98. The van der Waals surface area contributed by atoms with Gasteiger partial charge in [-0.1, -0.05) is 23.7 Å². The van der Waals surface area contributed by atoms with Gasteiger partial charge in [0.1, 0.15) is 12.6 Å². The van der Waals surface area contributed by atoms with Gasteiger partial charge in [-0.15, -0.1) is 0 Å². The fraction of sp³-hybridized carbons (Fsp3) is 0.214. The van der Waals surface area contributed by atoms with Gasteiger partial charge in [0, 0.05) is 23.3 Å². The highest BCUT2D eigenvalue weighted by Crippen LogP contribution is 2.22. The molecule has 2 aromatic rings. The molecule has 0 aliphatic rings. The fourth-order valence-electron chi connectivity index (χ4n) is 1.95. The minimum atomic E-state index is -0.582. The van der Waals surface area contributed by atoms with Gasteiger partial charge in [-0.05, 0) is 29.7 Å². The van der Waals surface area contributed by atoms with Crippen LogP contribution in [0.15, 0.2) is 43.0 Å².